The van der Waals surface area contributed by atoms with Crippen molar-refractivity contribution >= 4 is 33.5 Å². The van der Waals surface area contributed by atoms with Crippen molar-refractivity contribution in [3.63, 3.8) is 0 Å². The molecular formula is C9H8BrClO3. The minimum atomic E-state index is -0.499. The van der Waals surface area contributed by atoms with Crippen LogP contribution in [0.2, 0.25) is 5.02 Å². The minimum Gasteiger partial charge on any atom is -0.495 e. The second-order valence-corrected chi connectivity index (χ2v) is 3.66. The molecule has 0 N–H and O–H groups in total. The van der Waals surface area contributed by atoms with E-state index in [1.165, 1.54) is 14.2 Å². The van der Waals surface area contributed by atoms with Crippen molar-refractivity contribution < 1.29 is 14.3 Å². The first-order valence-electron chi connectivity index (χ1n) is 3.72. The SMILES string of the molecule is COC(=O)c1c(Br)ccc(OC)c1Cl. The molecule has 3 nitrogen and oxygen atoms in total. The predicted molar refractivity (Wildman–Crippen MR) is 57.0 cm³/mol. The fourth-order valence-corrected chi connectivity index (χ4v) is 1.91. The predicted octanol–water partition coefficient (Wildman–Crippen LogP) is 2.90. The van der Waals surface area contributed by atoms with Crippen molar-refractivity contribution in [1.82, 2.24) is 0 Å². The number of carbonyl (C=O) groups is 1. The van der Waals surface area contributed by atoms with E-state index in [0.717, 1.165) is 0 Å². The molecule has 1 aromatic carbocycles. The molecule has 0 atom stereocenters. The lowest BCUT2D eigenvalue weighted by molar-refractivity contribution is 0.0599. The number of esters is 1. The van der Waals surface area contributed by atoms with Crippen molar-refractivity contribution in [2.45, 2.75) is 0 Å². The van der Waals surface area contributed by atoms with Gasteiger partial charge in [-0.25, -0.2) is 4.79 Å². The molecule has 0 heterocycles. The summed E-state index contributed by atoms with van der Waals surface area (Å²) in [6.45, 7) is 0. The van der Waals surface area contributed by atoms with Crippen molar-refractivity contribution in [2.75, 3.05) is 14.2 Å². The third kappa shape index (κ3) is 2.01. The van der Waals surface area contributed by atoms with Crippen LogP contribution < -0.4 is 4.74 Å². The Morgan fingerprint density at radius 3 is 2.57 bits per heavy atom. The molecule has 0 aliphatic carbocycles. The highest BCUT2D eigenvalue weighted by molar-refractivity contribution is 9.10. The summed E-state index contributed by atoms with van der Waals surface area (Å²) < 4.78 is 10.1. The van der Waals surface area contributed by atoms with Crippen LogP contribution in [-0.2, 0) is 4.74 Å². The van der Waals surface area contributed by atoms with E-state index in [-0.39, 0.29) is 10.6 Å². The van der Waals surface area contributed by atoms with Crippen molar-refractivity contribution in [2.24, 2.45) is 0 Å². The van der Waals surface area contributed by atoms with E-state index in [2.05, 4.69) is 20.7 Å². The van der Waals surface area contributed by atoms with Gasteiger partial charge in [0.25, 0.3) is 0 Å². The molecule has 0 fully saturated rings. The lowest BCUT2D eigenvalue weighted by Crippen LogP contribution is -2.04. The number of carbonyl (C=O) groups excluding carboxylic acids is 1. The van der Waals surface area contributed by atoms with Crippen LogP contribution in [0, 0.1) is 0 Å². The molecule has 0 amide bonds. The number of halogens is 2. The molecule has 14 heavy (non-hydrogen) atoms. The number of methoxy groups -OCH3 is 2. The zero-order valence-electron chi connectivity index (χ0n) is 7.64. The van der Waals surface area contributed by atoms with Crippen molar-refractivity contribution in [3.8, 4) is 5.75 Å². The van der Waals surface area contributed by atoms with Gasteiger partial charge in [-0.1, -0.05) is 11.6 Å². The van der Waals surface area contributed by atoms with Crippen LogP contribution in [0.1, 0.15) is 10.4 Å². The smallest absolute Gasteiger partial charge is 0.340 e. The van der Waals surface area contributed by atoms with Gasteiger partial charge in [0.15, 0.2) is 0 Å². The maximum atomic E-state index is 11.3. The molecule has 5 heteroatoms. The largest absolute Gasteiger partial charge is 0.495 e. The Morgan fingerprint density at radius 1 is 1.43 bits per heavy atom. The van der Waals surface area contributed by atoms with Crippen LogP contribution in [0.5, 0.6) is 5.75 Å². The van der Waals surface area contributed by atoms with Crippen LogP contribution in [0.3, 0.4) is 0 Å². The standard InChI is InChI=1S/C9H8BrClO3/c1-13-6-4-3-5(10)7(8(6)11)9(12)14-2/h3-4H,1-2H3. The van der Waals surface area contributed by atoms with E-state index >= 15 is 0 Å². The maximum Gasteiger partial charge on any atom is 0.340 e. The second-order valence-electron chi connectivity index (χ2n) is 2.43. The van der Waals surface area contributed by atoms with E-state index in [0.29, 0.717) is 10.2 Å². The summed E-state index contributed by atoms with van der Waals surface area (Å²) in [5, 5.41) is 0.244. The summed E-state index contributed by atoms with van der Waals surface area (Å²) in [5.41, 5.74) is 0.272. The molecule has 0 bridgehead atoms. The molecular weight excluding hydrogens is 271 g/mol. The molecule has 0 unspecified atom stereocenters. The van der Waals surface area contributed by atoms with Crippen molar-refractivity contribution in [3.05, 3.63) is 27.2 Å². The van der Waals surface area contributed by atoms with Crippen LogP contribution in [0.4, 0.5) is 0 Å². The molecule has 0 saturated carbocycles. The molecule has 0 aromatic heterocycles. The fraction of sp³-hybridized carbons (Fsp3) is 0.222. The van der Waals surface area contributed by atoms with E-state index in [1.54, 1.807) is 12.1 Å². The summed E-state index contributed by atoms with van der Waals surface area (Å²) in [5.74, 6) is -0.0592. The van der Waals surface area contributed by atoms with Crippen molar-refractivity contribution in [1.29, 1.82) is 0 Å². The van der Waals surface area contributed by atoms with Gasteiger partial charge in [-0.2, -0.15) is 0 Å². The first-order valence-corrected chi connectivity index (χ1v) is 4.89. The molecule has 1 rings (SSSR count). The Bertz CT molecular complexity index is 365. The lowest BCUT2D eigenvalue weighted by Gasteiger charge is -2.08. The molecule has 0 radical (unpaired) electrons. The molecule has 0 aliphatic heterocycles. The number of hydrogen-bond acceptors (Lipinski definition) is 3. The van der Waals surface area contributed by atoms with Gasteiger partial charge in [0.05, 0.1) is 24.8 Å². The Morgan fingerprint density at radius 2 is 2.07 bits per heavy atom. The van der Waals surface area contributed by atoms with Crippen LogP contribution >= 0.6 is 27.5 Å². The number of rotatable bonds is 2. The van der Waals surface area contributed by atoms with Gasteiger partial charge in [-0.05, 0) is 28.1 Å². The molecule has 0 spiro atoms. The number of ether oxygens (including phenoxy) is 2. The third-order valence-corrected chi connectivity index (χ3v) is 2.70. The average Bonchev–Trinajstić information content (AvgIpc) is 2.18. The summed E-state index contributed by atoms with van der Waals surface area (Å²) in [4.78, 5) is 11.3. The normalized spacial score (nSPS) is 9.71. The number of benzene rings is 1. The van der Waals surface area contributed by atoms with E-state index in [4.69, 9.17) is 16.3 Å². The number of hydrogen-bond donors (Lipinski definition) is 0. The van der Waals surface area contributed by atoms with E-state index in [9.17, 15) is 4.79 Å². The molecule has 1 aromatic rings. The van der Waals surface area contributed by atoms with Gasteiger partial charge in [0.1, 0.15) is 5.75 Å². The summed E-state index contributed by atoms with van der Waals surface area (Å²) in [6, 6.07) is 3.34. The Kier molecular flexibility index (Phi) is 3.77. The van der Waals surface area contributed by atoms with E-state index in [1.807, 2.05) is 0 Å². The Labute approximate surface area is 95.1 Å². The average molecular weight is 280 g/mol. The second kappa shape index (κ2) is 4.66. The molecule has 0 saturated heterocycles. The van der Waals surface area contributed by atoms with Gasteiger partial charge in [-0.15, -0.1) is 0 Å². The Balaban J connectivity index is 3.32. The van der Waals surface area contributed by atoms with E-state index < -0.39 is 5.97 Å². The lowest BCUT2D eigenvalue weighted by atomic mass is 10.2. The molecule has 76 valence electrons. The summed E-state index contributed by atoms with van der Waals surface area (Å²) in [7, 11) is 2.78. The zero-order valence-corrected chi connectivity index (χ0v) is 9.98. The van der Waals surface area contributed by atoms with Gasteiger partial charge in [0, 0.05) is 4.47 Å². The van der Waals surface area contributed by atoms with Crippen LogP contribution in [-0.4, -0.2) is 20.2 Å². The fourth-order valence-electron chi connectivity index (χ4n) is 0.980. The van der Waals surface area contributed by atoms with Gasteiger partial charge in [0.2, 0.25) is 0 Å². The first-order chi connectivity index (χ1) is 6.61. The highest BCUT2D eigenvalue weighted by Crippen LogP contribution is 2.33. The zero-order chi connectivity index (χ0) is 10.7. The topological polar surface area (TPSA) is 35.5 Å². The van der Waals surface area contributed by atoms with Gasteiger partial charge in [-0.3, -0.25) is 0 Å². The van der Waals surface area contributed by atoms with Gasteiger partial charge >= 0.3 is 5.97 Å². The quantitative estimate of drug-likeness (QED) is 0.781. The van der Waals surface area contributed by atoms with Crippen LogP contribution in [0.15, 0.2) is 16.6 Å². The third-order valence-electron chi connectivity index (χ3n) is 1.67. The highest BCUT2D eigenvalue weighted by atomic mass is 79.9. The highest BCUT2D eigenvalue weighted by Gasteiger charge is 2.18. The molecule has 0 aliphatic rings. The summed E-state index contributed by atoms with van der Waals surface area (Å²) >= 11 is 9.14. The first kappa shape index (κ1) is 11.3. The van der Waals surface area contributed by atoms with Crippen LogP contribution in [0.25, 0.3) is 0 Å². The minimum absolute atomic E-state index is 0.244. The summed E-state index contributed by atoms with van der Waals surface area (Å²) in [6.07, 6.45) is 0. The Hall–Kier alpha value is -0.740. The monoisotopic (exact) mass is 278 g/mol. The van der Waals surface area contributed by atoms with Gasteiger partial charge < -0.3 is 9.47 Å². The maximum absolute atomic E-state index is 11.3.